The third-order valence-electron chi connectivity index (χ3n) is 2.35. The smallest absolute Gasteiger partial charge is 0.155 e. The second kappa shape index (κ2) is 7.00. The first-order valence-corrected chi connectivity index (χ1v) is 5.56. The number of carbonyl (C=O) groups excluding carboxylic acids is 1. The van der Waals surface area contributed by atoms with Gasteiger partial charge in [0.2, 0.25) is 0 Å². The second-order valence-corrected chi connectivity index (χ2v) is 4.22. The van der Waals surface area contributed by atoms with Crippen LogP contribution in [0.1, 0.15) is 41.5 Å². The summed E-state index contributed by atoms with van der Waals surface area (Å²) in [6, 6.07) is 0. The van der Waals surface area contributed by atoms with Gasteiger partial charge in [-0.1, -0.05) is 29.9 Å². The molecule has 0 spiro atoms. The zero-order valence-corrected chi connectivity index (χ0v) is 11.2. The lowest BCUT2D eigenvalue weighted by molar-refractivity contribution is -0.113. The van der Waals surface area contributed by atoms with Crippen molar-refractivity contribution in [3.05, 3.63) is 46.6 Å². The molecule has 0 saturated heterocycles. The van der Waals surface area contributed by atoms with Crippen molar-refractivity contribution in [3.8, 4) is 0 Å². The van der Waals surface area contributed by atoms with Crippen molar-refractivity contribution in [2.75, 3.05) is 0 Å². The number of allylic oxidation sites excluding steroid dienone is 8. The predicted molar refractivity (Wildman–Crippen MR) is 71.4 cm³/mol. The average molecular weight is 218 g/mol. The minimum Gasteiger partial charge on any atom is -0.295 e. The number of carbonyl (C=O) groups is 1. The molecule has 0 bridgehead atoms. The van der Waals surface area contributed by atoms with Crippen LogP contribution in [0.3, 0.4) is 0 Å². The van der Waals surface area contributed by atoms with Crippen molar-refractivity contribution in [1.29, 1.82) is 0 Å². The molecule has 0 unspecified atom stereocenters. The Bertz CT molecular complexity index is 372. The fraction of sp³-hybridized carbons (Fsp3) is 0.400. The maximum Gasteiger partial charge on any atom is 0.155 e. The molecule has 0 aliphatic rings. The van der Waals surface area contributed by atoms with E-state index in [2.05, 4.69) is 32.9 Å². The monoisotopic (exact) mass is 218 g/mol. The lowest BCUT2D eigenvalue weighted by Gasteiger charge is -2.02. The van der Waals surface area contributed by atoms with E-state index < -0.39 is 0 Å². The highest BCUT2D eigenvalue weighted by atomic mass is 16.1. The van der Waals surface area contributed by atoms with Gasteiger partial charge in [-0.3, -0.25) is 4.79 Å². The van der Waals surface area contributed by atoms with Crippen LogP contribution in [0.2, 0.25) is 0 Å². The molecule has 0 saturated carbocycles. The molecule has 0 N–H and O–H groups in total. The summed E-state index contributed by atoms with van der Waals surface area (Å²) in [5.41, 5.74) is 4.43. The van der Waals surface area contributed by atoms with Gasteiger partial charge in [0.25, 0.3) is 0 Å². The van der Waals surface area contributed by atoms with Crippen molar-refractivity contribution in [2.45, 2.75) is 41.5 Å². The Kier molecular flexibility index (Phi) is 6.40. The number of hydrogen-bond donors (Lipinski definition) is 0. The standard InChI is InChI=1S/C15H22O/c1-7-15(10-11(2)3)13(5)9-8-12(4)14(6)16/h7-10H,1-6H3/b12-8+,13-9+,15-7+. The van der Waals surface area contributed by atoms with E-state index in [1.54, 1.807) is 6.92 Å². The van der Waals surface area contributed by atoms with Gasteiger partial charge >= 0.3 is 0 Å². The Morgan fingerprint density at radius 1 is 0.875 bits per heavy atom. The summed E-state index contributed by atoms with van der Waals surface area (Å²) < 4.78 is 0. The number of Topliss-reactive ketones (excluding diaryl/α,β-unsaturated/α-hetero) is 1. The zero-order chi connectivity index (χ0) is 12.7. The molecule has 16 heavy (non-hydrogen) atoms. The summed E-state index contributed by atoms with van der Waals surface area (Å²) in [7, 11) is 0. The minimum absolute atomic E-state index is 0.119. The molecule has 1 nitrogen and oxygen atoms in total. The first kappa shape index (κ1) is 14.6. The molecule has 0 radical (unpaired) electrons. The van der Waals surface area contributed by atoms with Crippen molar-refractivity contribution in [1.82, 2.24) is 0 Å². The van der Waals surface area contributed by atoms with Crippen LogP contribution in [-0.2, 0) is 4.79 Å². The second-order valence-electron chi connectivity index (χ2n) is 4.22. The Hall–Kier alpha value is -1.37. The molecule has 0 fully saturated rings. The van der Waals surface area contributed by atoms with Crippen molar-refractivity contribution in [2.24, 2.45) is 0 Å². The number of rotatable bonds is 4. The SMILES string of the molecule is C/C=C(C=C(C)C)/C(C)=C/C=C(\C)C(C)=O. The quantitative estimate of drug-likeness (QED) is 0.505. The third-order valence-corrected chi connectivity index (χ3v) is 2.35. The van der Waals surface area contributed by atoms with Gasteiger partial charge < -0.3 is 0 Å². The lowest BCUT2D eigenvalue weighted by Crippen LogP contribution is -1.90. The van der Waals surface area contributed by atoms with Crippen LogP contribution >= 0.6 is 0 Å². The minimum atomic E-state index is 0.119. The molecule has 0 aromatic heterocycles. The normalized spacial score (nSPS) is 13.8. The largest absolute Gasteiger partial charge is 0.295 e. The molecule has 0 heterocycles. The van der Waals surface area contributed by atoms with Crippen LogP contribution < -0.4 is 0 Å². The summed E-state index contributed by atoms with van der Waals surface area (Å²) in [6.45, 7) is 11.7. The first-order valence-electron chi connectivity index (χ1n) is 5.56. The molecule has 0 aromatic rings. The molecule has 88 valence electrons. The van der Waals surface area contributed by atoms with Crippen LogP contribution in [0.5, 0.6) is 0 Å². The van der Waals surface area contributed by atoms with E-state index in [-0.39, 0.29) is 5.78 Å². The van der Waals surface area contributed by atoms with Gasteiger partial charge in [0.15, 0.2) is 5.78 Å². The highest BCUT2D eigenvalue weighted by Gasteiger charge is 1.96. The number of hydrogen-bond acceptors (Lipinski definition) is 1. The van der Waals surface area contributed by atoms with E-state index in [0.29, 0.717) is 0 Å². The van der Waals surface area contributed by atoms with Crippen molar-refractivity contribution in [3.63, 3.8) is 0 Å². The summed E-state index contributed by atoms with van der Waals surface area (Å²) in [5, 5.41) is 0. The fourth-order valence-electron chi connectivity index (χ4n) is 1.20. The van der Waals surface area contributed by atoms with Gasteiger partial charge in [0, 0.05) is 0 Å². The van der Waals surface area contributed by atoms with Crippen LogP contribution in [0.4, 0.5) is 0 Å². The van der Waals surface area contributed by atoms with E-state index in [4.69, 9.17) is 0 Å². The Morgan fingerprint density at radius 2 is 1.38 bits per heavy atom. The molecule has 0 aliphatic carbocycles. The molecule has 0 amide bonds. The van der Waals surface area contributed by atoms with Gasteiger partial charge in [-0.2, -0.15) is 0 Å². The van der Waals surface area contributed by atoms with Crippen LogP contribution in [0.15, 0.2) is 46.6 Å². The molecule has 1 heteroatoms. The molecular formula is C15H22O. The van der Waals surface area contributed by atoms with E-state index >= 15 is 0 Å². The molecule has 0 atom stereocenters. The van der Waals surface area contributed by atoms with E-state index in [9.17, 15) is 4.79 Å². The Labute approximate surface area is 99.3 Å². The number of ketones is 1. The van der Waals surface area contributed by atoms with Gasteiger partial charge in [0.1, 0.15) is 0 Å². The van der Waals surface area contributed by atoms with E-state index in [1.165, 1.54) is 16.7 Å². The maximum absolute atomic E-state index is 11.0. The van der Waals surface area contributed by atoms with Crippen molar-refractivity contribution < 1.29 is 4.79 Å². The summed E-state index contributed by atoms with van der Waals surface area (Å²) in [4.78, 5) is 11.0. The molecule has 0 aromatic carbocycles. The fourth-order valence-corrected chi connectivity index (χ4v) is 1.20. The van der Waals surface area contributed by atoms with Gasteiger partial charge in [0.05, 0.1) is 0 Å². The third kappa shape index (κ3) is 5.50. The molecule has 0 aliphatic heterocycles. The van der Waals surface area contributed by atoms with Crippen LogP contribution in [-0.4, -0.2) is 5.78 Å². The van der Waals surface area contributed by atoms with Crippen molar-refractivity contribution >= 4 is 5.78 Å². The van der Waals surface area contributed by atoms with E-state index in [0.717, 1.165) is 5.57 Å². The zero-order valence-electron chi connectivity index (χ0n) is 11.2. The first-order chi connectivity index (χ1) is 7.38. The molecule has 0 rings (SSSR count). The summed E-state index contributed by atoms with van der Waals surface area (Å²) >= 11 is 0. The maximum atomic E-state index is 11.0. The summed E-state index contributed by atoms with van der Waals surface area (Å²) in [5.74, 6) is 0.119. The average Bonchev–Trinajstić information content (AvgIpc) is 2.21. The highest BCUT2D eigenvalue weighted by molar-refractivity contribution is 5.92. The summed E-state index contributed by atoms with van der Waals surface area (Å²) in [6.07, 6.45) is 8.09. The Balaban J connectivity index is 4.99. The van der Waals surface area contributed by atoms with Crippen LogP contribution in [0, 0.1) is 0 Å². The highest BCUT2D eigenvalue weighted by Crippen LogP contribution is 2.13. The van der Waals surface area contributed by atoms with Gasteiger partial charge in [-0.05, 0) is 58.3 Å². The van der Waals surface area contributed by atoms with Crippen LogP contribution in [0.25, 0.3) is 0 Å². The van der Waals surface area contributed by atoms with E-state index in [1.807, 2.05) is 26.0 Å². The Morgan fingerprint density at radius 3 is 1.75 bits per heavy atom. The van der Waals surface area contributed by atoms with Gasteiger partial charge in [-0.25, -0.2) is 0 Å². The molecular weight excluding hydrogens is 196 g/mol. The lowest BCUT2D eigenvalue weighted by atomic mass is 10.0. The predicted octanol–water partition coefficient (Wildman–Crippen LogP) is 4.38. The van der Waals surface area contributed by atoms with Gasteiger partial charge in [-0.15, -0.1) is 0 Å². The topological polar surface area (TPSA) is 17.1 Å².